The number of imide groups is 1. The molecule has 1 atom stereocenters. The summed E-state index contributed by atoms with van der Waals surface area (Å²) in [6, 6.07) is 14.1. The first-order valence-corrected chi connectivity index (χ1v) is 19.7. The van der Waals surface area contributed by atoms with Gasteiger partial charge in [-0.05, 0) is 67.4 Å². The van der Waals surface area contributed by atoms with Crippen LogP contribution in [0.4, 0.5) is 18.9 Å². The van der Waals surface area contributed by atoms with Crippen LogP contribution in [0.5, 0.6) is 0 Å². The molecule has 0 aliphatic carbocycles. The standard InChI is InChI=1S/C42H43F3N8O8/c1-51-23-31-29-22-25(8-13-33(29)53(38(31)50-51)27-11-9-26(10-12-27)42(43,44)45)39(57)47-17-19-61-21-20-60-18-16-46-35(54)6-3-7-36(55)48-32-5-2-4-28-30(32)24-52(41(28)59)34-14-15-37(56)49-40(34)58/h2,4-5,8-13,22-23,34H,3,6-7,14-21,24H2,1H3,(H,46,54)(H,47,57)(H,48,55)(H,49,56,58). The largest absolute Gasteiger partial charge is 0.416 e. The van der Waals surface area contributed by atoms with Crippen LogP contribution in [0.1, 0.15) is 63.9 Å². The number of amides is 6. The van der Waals surface area contributed by atoms with Crippen molar-refractivity contribution >= 4 is 63.1 Å². The number of halogens is 3. The van der Waals surface area contributed by atoms with Crippen molar-refractivity contribution < 1.29 is 51.4 Å². The van der Waals surface area contributed by atoms with Gasteiger partial charge in [0, 0.05) is 91.0 Å². The van der Waals surface area contributed by atoms with Gasteiger partial charge in [0.25, 0.3) is 11.8 Å². The molecule has 4 N–H and O–H groups in total. The molecule has 6 amide bonds. The molecule has 4 heterocycles. The van der Waals surface area contributed by atoms with Gasteiger partial charge in [0.2, 0.25) is 23.6 Å². The summed E-state index contributed by atoms with van der Waals surface area (Å²) >= 11 is 0. The molecular weight excluding hydrogens is 802 g/mol. The minimum absolute atomic E-state index is 0.0726. The van der Waals surface area contributed by atoms with Gasteiger partial charge in [-0.3, -0.25) is 43.3 Å². The maximum Gasteiger partial charge on any atom is 0.416 e. The highest BCUT2D eigenvalue weighted by Crippen LogP contribution is 2.35. The third-order valence-electron chi connectivity index (χ3n) is 10.4. The Morgan fingerprint density at radius 2 is 1.61 bits per heavy atom. The number of fused-ring (bicyclic) bond motifs is 4. The fourth-order valence-corrected chi connectivity index (χ4v) is 7.43. The number of carbonyl (C=O) groups excluding carboxylic acids is 6. The summed E-state index contributed by atoms with van der Waals surface area (Å²) in [5.74, 6) is -2.11. The molecular formula is C42H43F3N8O8. The summed E-state index contributed by atoms with van der Waals surface area (Å²) in [6.07, 6.45) is -1.81. The number of alkyl halides is 3. The second-order valence-electron chi connectivity index (χ2n) is 14.6. The van der Waals surface area contributed by atoms with E-state index < -0.39 is 23.7 Å². The summed E-state index contributed by atoms with van der Waals surface area (Å²) in [4.78, 5) is 76.3. The Balaban J connectivity index is 0.759. The molecule has 2 aliphatic rings. The minimum atomic E-state index is -4.46. The van der Waals surface area contributed by atoms with Gasteiger partial charge in [0.1, 0.15) is 6.04 Å². The van der Waals surface area contributed by atoms with Crippen LogP contribution in [0.25, 0.3) is 27.6 Å². The van der Waals surface area contributed by atoms with E-state index in [4.69, 9.17) is 9.47 Å². The molecule has 0 bridgehead atoms. The first-order chi connectivity index (χ1) is 29.3. The van der Waals surface area contributed by atoms with E-state index in [1.54, 1.807) is 58.9 Å². The van der Waals surface area contributed by atoms with E-state index in [-0.39, 0.29) is 101 Å². The maximum atomic E-state index is 13.2. The first kappa shape index (κ1) is 42.5. The molecule has 0 spiro atoms. The third kappa shape index (κ3) is 9.73. The summed E-state index contributed by atoms with van der Waals surface area (Å²) < 4.78 is 53.9. The van der Waals surface area contributed by atoms with Crippen molar-refractivity contribution in [2.75, 3.05) is 44.8 Å². The average molecular weight is 845 g/mol. The molecule has 1 fully saturated rings. The van der Waals surface area contributed by atoms with E-state index in [9.17, 15) is 41.9 Å². The molecule has 5 aromatic rings. The molecule has 2 aromatic heterocycles. The Kier molecular flexibility index (Phi) is 12.8. The van der Waals surface area contributed by atoms with Crippen LogP contribution in [0, 0.1) is 0 Å². The Morgan fingerprint density at radius 3 is 2.33 bits per heavy atom. The lowest BCUT2D eigenvalue weighted by molar-refractivity contribution is -0.138. The number of ether oxygens (including phenoxy) is 2. The molecule has 320 valence electrons. The number of benzene rings is 3. The number of aryl methyl sites for hydroxylation is 1. The lowest BCUT2D eigenvalue weighted by atomic mass is 10.0. The highest BCUT2D eigenvalue weighted by molar-refractivity contribution is 6.11. The molecule has 16 nitrogen and oxygen atoms in total. The number of aromatic nitrogens is 3. The maximum absolute atomic E-state index is 13.2. The molecule has 1 saturated heterocycles. The van der Waals surface area contributed by atoms with Gasteiger partial charge in [-0.2, -0.15) is 18.3 Å². The SMILES string of the molecule is Cn1cc2c3cc(C(=O)NCCOCCOCCNC(=O)CCCC(=O)Nc4cccc5c4CN(C4CCC(=O)NC4=O)C5=O)ccc3n(-c3ccc(C(F)(F)F)cc3)c2n1. The van der Waals surface area contributed by atoms with Gasteiger partial charge >= 0.3 is 6.18 Å². The second kappa shape index (κ2) is 18.3. The van der Waals surface area contributed by atoms with Crippen molar-refractivity contribution in [1.29, 1.82) is 0 Å². The number of nitrogens with one attached hydrogen (secondary N) is 4. The van der Waals surface area contributed by atoms with Crippen molar-refractivity contribution in [2.45, 2.75) is 50.9 Å². The quantitative estimate of drug-likeness (QED) is 0.0791. The van der Waals surface area contributed by atoms with Gasteiger partial charge in [0.05, 0.1) is 37.5 Å². The fourth-order valence-electron chi connectivity index (χ4n) is 7.43. The van der Waals surface area contributed by atoms with Crippen LogP contribution in [0.2, 0.25) is 0 Å². The lowest BCUT2D eigenvalue weighted by Crippen LogP contribution is -2.52. The van der Waals surface area contributed by atoms with E-state index >= 15 is 0 Å². The molecule has 19 heteroatoms. The monoisotopic (exact) mass is 844 g/mol. The predicted molar refractivity (Wildman–Crippen MR) is 214 cm³/mol. The highest BCUT2D eigenvalue weighted by Gasteiger charge is 2.40. The minimum Gasteiger partial charge on any atom is -0.377 e. The number of rotatable bonds is 17. The van der Waals surface area contributed by atoms with Crippen molar-refractivity contribution in [3.05, 3.63) is 89.1 Å². The van der Waals surface area contributed by atoms with Crippen LogP contribution in [-0.4, -0.2) is 100 Å². The average Bonchev–Trinajstić information content (AvgIpc) is 3.86. The molecule has 2 aliphatic heterocycles. The Morgan fingerprint density at radius 1 is 0.885 bits per heavy atom. The normalized spacial score (nSPS) is 15.3. The van der Waals surface area contributed by atoms with Crippen LogP contribution >= 0.6 is 0 Å². The first-order valence-electron chi connectivity index (χ1n) is 19.7. The highest BCUT2D eigenvalue weighted by atomic mass is 19.4. The zero-order valence-corrected chi connectivity index (χ0v) is 33.1. The van der Waals surface area contributed by atoms with Crippen LogP contribution in [-0.2, 0) is 48.4 Å². The Bertz CT molecular complexity index is 2500. The number of hydrogen-bond donors (Lipinski definition) is 4. The zero-order chi connectivity index (χ0) is 43.3. The van der Waals surface area contributed by atoms with Crippen molar-refractivity contribution in [2.24, 2.45) is 7.05 Å². The number of carbonyl (C=O) groups is 6. The molecule has 0 saturated carbocycles. The summed E-state index contributed by atoms with van der Waals surface area (Å²) in [6.45, 7) is 1.61. The predicted octanol–water partition coefficient (Wildman–Crippen LogP) is 3.99. The Labute approximate surface area is 346 Å². The zero-order valence-electron chi connectivity index (χ0n) is 33.1. The lowest BCUT2D eigenvalue weighted by Gasteiger charge is -2.29. The number of hydrogen-bond acceptors (Lipinski definition) is 9. The van der Waals surface area contributed by atoms with Gasteiger partial charge in [-0.25, -0.2) is 0 Å². The molecule has 61 heavy (non-hydrogen) atoms. The van der Waals surface area contributed by atoms with Crippen molar-refractivity contribution in [3.8, 4) is 5.69 Å². The van der Waals surface area contributed by atoms with Crippen LogP contribution in [0.3, 0.4) is 0 Å². The van der Waals surface area contributed by atoms with E-state index in [1.165, 1.54) is 17.0 Å². The second-order valence-corrected chi connectivity index (χ2v) is 14.6. The number of piperidine rings is 1. The van der Waals surface area contributed by atoms with Crippen molar-refractivity contribution in [3.63, 3.8) is 0 Å². The number of nitrogens with zero attached hydrogens (tertiary/aromatic N) is 4. The molecule has 1 unspecified atom stereocenters. The van der Waals surface area contributed by atoms with E-state index in [2.05, 4.69) is 26.4 Å². The summed E-state index contributed by atoms with van der Waals surface area (Å²) in [7, 11) is 1.74. The number of anilines is 1. The van der Waals surface area contributed by atoms with Gasteiger partial charge in [-0.1, -0.05) is 6.07 Å². The van der Waals surface area contributed by atoms with Crippen LogP contribution < -0.4 is 21.3 Å². The van der Waals surface area contributed by atoms with E-state index in [0.717, 1.165) is 22.9 Å². The Hall–Kier alpha value is -6.60. The molecule has 3 aromatic carbocycles. The van der Waals surface area contributed by atoms with Crippen molar-refractivity contribution in [1.82, 2.24) is 35.2 Å². The van der Waals surface area contributed by atoms with Gasteiger partial charge in [0.15, 0.2) is 5.65 Å². The van der Waals surface area contributed by atoms with Gasteiger partial charge in [-0.15, -0.1) is 0 Å². The third-order valence-corrected chi connectivity index (χ3v) is 10.4. The summed E-state index contributed by atoms with van der Waals surface area (Å²) in [5.41, 5.74) is 2.82. The van der Waals surface area contributed by atoms with Crippen LogP contribution in [0.15, 0.2) is 66.9 Å². The smallest absolute Gasteiger partial charge is 0.377 e. The fraction of sp³-hybridized carbons (Fsp3) is 0.357. The van der Waals surface area contributed by atoms with Gasteiger partial charge < -0.3 is 30.3 Å². The molecule has 7 rings (SSSR count). The topological polar surface area (TPSA) is 195 Å². The summed E-state index contributed by atoms with van der Waals surface area (Å²) in [5, 5.41) is 16.6. The van der Waals surface area contributed by atoms with E-state index in [0.29, 0.717) is 45.6 Å². The molecule has 0 radical (unpaired) electrons. The van der Waals surface area contributed by atoms with E-state index in [1.807, 2.05) is 0 Å².